The van der Waals surface area contributed by atoms with Gasteiger partial charge in [-0.1, -0.05) is 32.1 Å². The van der Waals surface area contributed by atoms with Crippen molar-refractivity contribution in [2.24, 2.45) is 0 Å². The lowest BCUT2D eigenvalue weighted by Crippen LogP contribution is -2.49. The Hall–Kier alpha value is -2.41. The monoisotopic (exact) mass is 414 g/mol. The Labute approximate surface area is 179 Å². The van der Waals surface area contributed by atoms with Gasteiger partial charge in [-0.2, -0.15) is 0 Å². The molecule has 4 amide bonds. The SMILES string of the molecule is O=C1CCN(c2ccc(NC(=O)CCCCCCNC3CCCCC3)cc2)C(=O)N1. The standard InChI is InChI=1S/C23H34N4O3/c28-21(10-6-1-2-7-16-24-18-8-4-3-5-9-18)25-19-11-13-20(14-12-19)27-17-15-22(29)26-23(27)30/h11-14,18,24H,1-10,15-17H2,(H,25,28)(H,26,29,30). The van der Waals surface area contributed by atoms with E-state index in [4.69, 9.17) is 0 Å². The van der Waals surface area contributed by atoms with E-state index in [1.54, 1.807) is 24.3 Å². The largest absolute Gasteiger partial charge is 0.328 e. The molecule has 7 nitrogen and oxygen atoms in total. The molecule has 3 N–H and O–H groups in total. The van der Waals surface area contributed by atoms with E-state index in [-0.39, 0.29) is 11.8 Å². The van der Waals surface area contributed by atoms with Crippen LogP contribution in [0.4, 0.5) is 16.2 Å². The molecule has 0 atom stereocenters. The number of carbonyl (C=O) groups excluding carboxylic acids is 3. The Kier molecular flexibility index (Phi) is 8.68. The Morgan fingerprint density at radius 2 is 1.73 bits per heavy atom. The lowest BCUT2D eigenvalue weighted by Gasteiger charge is -2.26. The zero-order valence-electron chi connectivity index (χ0n) is 17.8. The van der Waals surface area contributed by atoms with E-state index in [1.807, 2.05) is 0 Å². The summed E-state index contributed by atoms with van der Waals surface area (Å²) in [5.41, 5.74) is 1.42. The van der Waals surface area contributed by atoms with E-state index in [9.17, 15) is 14.4 Å². The van der Waals surface area contributed by atoms with Gasteiger partial charge in [0.1, 0.15) is 0 Å². The molecular weight excluding hydrogens is 380 g/mol. The smallest absolute Gasteiger partial charge is 0.326 e. The Morgan fingerprint density at radius 3 is 2.47 bits per heavy atom. The molecule has 2 fully saturated rings. The van der Waals surface area contributed by atoms with Crippen LogP contribution in [0.5, 0.6) is 0 Å². The molecule has 30 heavy (non-hydrogen) atoms. The predicted molar refractivity (Wildman–Crippen MR) is 119 cm³/mol. The maximum absolute atomic E-state index is 12.1. The van der Waals surface area contributed by atoms with Crippen molar-refractivity contribution in [3.05, 3.63) is 24.3 Å². The van der Waals surface area contributed by atoms with Crippen LogP contribution in [0, 0.1) is 0 Å². The summed E-state index contributed by atoms with van der Waals surface area (Å²) in [5, 5.41) is 8.88. The molecule has 1 heterocycles. The fourth-order valence-corrected chi connectivity index (χ4v) is 4.14. The zero-order valence-corrected chi connectivity index (χ0v) is 17.8. The third-order valence-corrected chi connectivity index (χ3v) is 5.89. The third-order valence-electron chi connectivity index (χ3n) is 5.89. The second kappa shape index (κ2) is 11.7. The maximum atomic E-state index is 12.1. The van der Waals surface area contributed by atoms with Gasteiger partial charge in [-0.15, -0.1) is 0 Å². The highest BCUT2D eigenvalue weighted by atomic mass is 16.2. The summed E-state index contributed by atoms with van der Waals surface area (Å²) in [6.07, 6.45) is 11.9. The van der Waals surface area contributed by atoms with Gasteiger partial charge in [-0.25, -0.2) is 4.79 Å². The van der Waals surface area contributed by atoms with Gasteiger partial charge in [0, 0.05) is 36.8 Å². The van der Waals surface area contributed by atoms with Crippen LogP contribution in [0.15, 0.2) is 24.3 Å². The molecule has 0 spiro atoms. The molecule has 0 radical (unpaired) electrons. The van der Waals surface area contributed by atoms with Crippen molar-refractivity contribution in [1.29, 1.82) is 0 Å². The van der Waals surface area contributed by atoms with Crippen molar-refractivity contribution in [2.75, 3.05) is 23.3 Å². The summed E-state index contributed by atoms with van der Waals surface area (Å²) in [7, 11) is 0. The number of hydrogen-bond acceptors (Lipinski definition) is 4. The number of rotatable bonds is 10. The number of nitrogens with zero attached hydrogens (tertiary/aromatic N) is 1. The zero-order chi connectivity index (χ0) is 21.2. The fraction of sp³-hybridized carbons (Fsp3) is 0.609. The number of benzene rings is 1. The third kappa shape index (κ3) is 7.13. The van der Waals surface area contributed by atoms with Crippen LogP contribution in [0.1, 0.15) is 70.6 Å². The lowest BCUT2D eigenvalue weighted by molar-refractivity contribution is -0.120. The minimum Gasteiger partial charge on any atom is -0.326 e. The molecule has 1 aromatic rings. The minimum atomic E-state index is -0.406. The topological polar surface area (TPSA) is 90.5 Å². The summed E-state index contributed by atoms with van der Waals surface area (Å²) in [4.78, 5) is 36.8. The van der Waals surface area contributed by atoms with E-state index in [1.165, 1.54) is 43.4 Å². The van der Waals surface area contributed by atoms with E-state index < -0.39 is 6.03 Å². The Balaban J connectivity index is 1.27. The summed E-state index contributed by atoms with van der Waals surface area (Å²) in [5.74, 6) is -0.231. The van der Waals surface area contributed by atoms with Crippen LogP contribution in [0.25, 0.3) is 0 Å². The Bertz CT molecular complexity index is 714. The van der Waals surface area contributed by atoms with E-state index in [2.05, 4.69) is 16.0 Å². The normalized spacial score (nSPS) is 17.7. The van der Waals surface area contributed by atoms with Crippen molar-refractivity contribution in [1.82, 2.24) is 10.6 Å². The van der Waals surface area contributed by atoms with E-state index >= 15 is 0 Å². The molecule has 1 aliphatic heterocycles. The maximum Gasteiger partial charge on any atom is 0.328 e. The van der Waals surface area contributed by atoms with Crippen molar-refractivity contribution < 1.29 is 14.4 Å². The van der Waals surface area contributed by atoms with Crippen molar-refractivity contribution in [2.45, 2.75) is 76.7 Å². The quantitative estimate of drug-likeness (QED) is 0.506. The molecular formula is C23H34N4O3. The second-order valence-electron chi connectivity index (χ2n) is 8.30. The fourth-order valence-electron chi connectivity index (χ4n) is 4.14. The van der Waals surface area contributed by atoms with Gasteiger partial charge in [0.15, 0.2) is 0 Å². The summed E-state index contributed by atoms with van der Waals surface area (Å²) >= 11 is 0. The number of anilines is 2. The van der Waals surface area contributed by atoms with Gasteiger partial charge in [-0.3, -0.25) is 19.8 Å². The molecule has 3 rings (SSSR count). The van der Waals surface area contributed by atoms with Gasteiger partial charge in [0.2, 0.25) is 11.8 Å². The van der Waals surface area contributed by atoms with Crippen molar-refractivity contribution in [3.63, 3.8) is 0 Å². The molecule has 1 aromatic carbocycles. The molecule has 0 bridgehead atoms. The highest BCUT2D eigenvalue weighted by molar-refractivity contribution is 6.05. The number of hydrogen-bond donors (Lipinski definition) is 3. The molecule has 164 valence electrons. The van der Waals surface area contributed by atoms with Crippen molar-refractivity contribution in [3.8, 4) is 0 Å². The number of amides is 4. The van der Waals surface area contributed by atoms with E-state index in [0.717, 1.165) is 31.8 Å². The molecule has 1 saturated carbocycles. The summed E-state index contributed by atoms with van der Waals surface area (Å²) < 4.78 is 0. The average Bonchev–Trinajstić information content (AvgIpc) is 2.74. The predicted octanol–water partition coefficient (Wildman–Crippen LogP) is 3.94. The lowest BCUT2D eigenvalue weighted by atomic mass is 9.95. The number of unbranched alkanes of at least 4 members (excludes halogenated alkanes) is 3. The van der Waals surface area contributed by atoms with Crippen LogP contribution in [-0.4, -0.2) is 37.0 Å². The van der Waals surface area contributed by atoms with Crippen molar-refractivity contribution >= 4 is 29.2 Å². The first-order valence-corrected chi connectivity index (χ1v) is 11.4. The molecule has 1 aliphatic carbocycles. The first-order chi connectivity index (χ1) is 14.6. The van der Waals surface area contributed by atoms with Gasteiger partial charge < -0.3 is 10.6 Å². The van der Waals surface area contributed by atoms with Crippen LogP contribution in [0.3, 0.4) is 0 Å². The molecule has 0 aromatic heterocycles. The van der Waals surface area contributed by atoms with Gasteiger partial charge in [0.25, 0.3) is 0 Å². The number of carbonyl (C=O) groups is 3. The summed E-state index contributed by atoms with van der Waals surface area (Å²) in [6, 6.07) is 7.45. The molecule has 2 aliphatic rings. The summed E-state index contributed by atoms with van der Waals surface area (Å²) in [6.45, 7) is 1.46. The Morgan fingerprint density at radius 1 is 1.00 bits per heavy atom. The van der Waals surface area contributed by atoms with Gasteiger partial charge >= 0.3 is 6.03 Å². The number of urea groups is 1. The highest BCUT2D eigenvalue weighted by Crippen LogP contribution is 2.20. The minimum absolute atomic E-state index is 0.0180. The van der Waals surface area contributed by atoms with E-state index in [0.29, 0.717) is 30.8 Å². The van der Waals surface area contributed by atoms with Crippen LogP contribution in [0.2, 0.25) is 0 Å². The van der Waals surface area contributed by atoms with Crippen LogP contribution >= 0.6 is 0 Å². The van der Waals surface area contributed by atoms with Crippen LogP contribution in [-0.2, 0) is 9.59 Å². The molecule has 1 saturated heterocycles. The highest BCUT2D eigenvalue weighted by Gasteiger charge is 2.24. The molecule has 0 unspecified atom stereocenters. The molecule has 7 heteroatoms. The average molecular weight is 415 g/mol. The first-order valence-electron chi connectivity index (χ1n) is 11.4. The van der Waals surface area contributed by atoms with Gasteiger partial charge in [-0.05, 0) is 56.5 Å². The van der Waals surface area contributed by atoms with Gasteiger partial charge in [0.05, 0.1) is 0 Å². The number of imide groups is 1. The second-order valence-corrected chi connectivity index (χ2v) is 8.30. The first kappa shape index (κ1) is 22.3. The van der Waals surface area contributed by atoms with Crippen LogP contribution < -0.4 is 20.9 Å². The number of nitrogens with one attached hydrogen (secondary N) is 3.